The molecule has 1 aliphatic rings. The molecule has 1 aromatic heterocycles. The van der Waals surface area contributed by atoms with Gasteiger partial charge in [-0.1, -0.05) is 23.4 Å². The molecule has 0 amide bonds. The zero-order valence-corrected chi connectivity index (χ0v) is 13.8. The molecular weight excluding hydrogens is 316 g/mol. The zero-order chi connectivity index (χ0) is 16.3. The lowest BCUT2D eigenvalue weighted by Gasteiger charge is -2.21. The molecule has 0 saturated carbocycles. The SMILES string of the molecule is Cc1nc(C2CCCN2CCNS(=O)(=O)c2ccccc2)no1. The van der Waals surface area contributed by atoms with Crippen molar-refractivity contribution in [1.29, 1.82) is 0 Å². The highest BCUT2D eigenvalue weighted by Crippen LogP contribution is 2.29. The molecule has 1 N–H and O–H groups in total. The van der Waals surface area contributed by atoms with Crippen LogP contribution in [0.1, 0.15) is 30.6 Å². The lowest BCUT2D eigenvalue weighted by atomic mass is 10.2. The van der Waals surface area contributed by atoms with Crippen LogP contribution < -0.4 is 4.72 Å². The van der Waals surface area contributed by atoms with Crippen LogP contribution in [0, 0.1) is 6.92 Å². The maximum absolute atomic E-state index is 12.2. The molecule has 1 aromatic carbocycles. The summed E-state index contributed by atoms with van der Waals surface area (Å²) in [5.74, 6) is 1.24. The number of nitrogens with one attached hydrogen (secondary N) is 1. The van der Waals surface area contributed by atoms with Crippen molar-refractivity contribution in [3.63, 3.8) is 0 Å². The largest absolute Gasteiger partial charge is 0.340 e. The lowest BCUT2D eigenvalue weighted by Crippen LogP contribution is -2.35. The van der Waals surface area contributed by atoms with Crippen molar-refractivity contribution in [3.05, 3.63) is 42.0 Å². The van der Waals surface area contributed by atoms with Crippen LogP contribution in [0.2, 0.25) is 0 Å². The topological polar surface area (TPSA) is 88.3 Å². The first-order chi connectivity index (χ1) is 11.1. The van der Waals surface area contributed by atoms with Crippen molar-refractivity contribution >= 4 is 10.0 Å². The molecule has 1 saturated heterocycles. The Morgan fingerprint density at radius 3 is 2.83 bits per heavy atom. The van der Waals surface area contributed by atoms with Gasteiger partial charge in [-0.05, 0) is 31.5 Å². The molecule has 1 unspecified atom stereocenters. The van der Waals surface area contributed by atoms with E-state index < -0.39 is 10.0 Å². The van der Waals surface area contributed by atoms with Gasteiger partial charge in [-0.15, -0.1) is 0 Å². The summed E-state index contributed by atoms with van der Waals surface area (Å²) in [6.07, 6.45) is 2.01. The number of benzene rings is 1. The summed E-state index contributed by atoms with van der Waals surface area (Å²) in [5, 5.41) is 3.99. The molecule has 0 radical (unpaired) electrons. The van der Waals surface area contributed by atoms with Crippen molar-refractivity contribution < 1.29 is 12.9 Å². The van der Waals surface area contributed by atoms with Crippen LogP contribution in [0.4, 0.5) is 0 Å². The van der Waals surface area contributed by atoms with Gasteiger partial charge in [0.25, 0.3) is 0 Å². The van der Waals surface area contributed by atoms with Gasteiger partial charge in [0.05, 0.1) is 10.9 Å². The third-order valence-electron chi connectivity index (χ3n) is 3.95. The second-order valence-corrected chi connectivity index (χ2v) is 7.34. The summed E-state index contributed by atoms with van der Waals surface area (Å²) in [7, 11) is -3.46. The minimum absolute atomic E-state index is 0.105. The van der Waals surface area contributed by atoms with Crippen LogP contribution >= 0.6 is 0 Å². The average Bonchev–Trinajstić information content (AvgIpc) is 3.17. The van der Waals surface area contributed by atoms with Crippen LogP contribution in [0.25, 0.3) is 0 Å². The van der Waals surface area contributed by atoms with E-state index in [0.717, 1.165) is 19.4 Å². The molecule has 0 bridgehead atoms. The first kappa shape index (κ1) is 16.1. The molecule has 0 spiro atoms. The highest BCUT2D eigenvalue weighted by Gasteiger charge is 2.29. The lowest BCUT2D eigenvalue weighted by molar-refractivity contribution is 0.246. The monoisotopic (exact) mass is 336 g/mol. The molecule has 3 rings (SSSR count). The van der Waals surface area contributed by atoms with Gasteiger partial charge in [0.15, 0.2) is 5.82 Å². The summed E-state index contributed by atoms with van der Waals surface area (Å²) < 4.78 is 32.1. The van der Waals surface area contributed by atoms with E-state index >= 15 is 0 Å². The number of sulfonamides is 1. The molecule has 2 heterocycles. The number of likely N-dealkylation sites (tertiary alicyclic amines) is 1. The Bertz CT molecular complexity index is 745. The van der Waals surface area contributed by atoms with Crippen molar-refractivity contribution in [2.24, 2.45) is 0 Å². The molecular formula is C15H20N4O3S. The maximum Gasteiger partial charge on any atom is 0.240 e. The van der Waals surface area contributed by atoms with E-state index in [1.54, 1.807) is 37.3 Å². The first-order valence-electron chi connectivity index (χ1n) is 7.65. The van der Waals surface area contributed by atoms with E-state index in [1.807, 2.05) is 0 Å². The number of rotatable bonds is 6. The van der Waals surface area contributed by atoms with Gasteiger partial charge in [-0.3, -0.25) is 4.90 Å². The predicted molar refractivity (Wildman–Crippen MR) is 84.2 cm³/mol. The van der Waals surface area contributed by atoms with Crippen LogP contribution in [0.15, 0.2) is 39.8 Å². The zero-order valence-electron chi connectivity index (χ0n) is 13.0. The van der Waals surface area contributed by atoms with Crippen molar-refractivity contribution in [2.75, 3.05) is 19.6 Å². The summed E-state index contributed by atoms with van der Waals surface area (Å²) >= 11 is 0. The Hall–Kier alpha value is -1.77. The Morgan fingerprint density at radius 2 is 2.13 bits per heavy atom. The number of aryl methyl sites for hydroxylation is 1. The van der Waals surface area contributed by atoms with Gasteiger partial charge in [0.2, 0.25) is 15.9 Å². The van der Waals surface area contributed by atoms with E-state index in [4.69, 9.17) is 4.52 Å². The van der Waals surface area contributed by atoms with Gasteiger partial charge in [-0.2, -0.15) is 4.98 Å². The summed E-state index contributed by atoms with van der Waals surface area (Å²) in [5.41, 5.74) is 0. The van der Waals surface area contributed by atoms with Gasteiger partial charge in [0, 0.05) is 20.0 Å². The third kappa shape index (κ3) is 3.77. The number of hydrogen-bond donors (Lipinski definition) is 1. The molecule has 8 heteroatoms. The quantitative estimate of drug-likeness (QED) is 0.860. The fourth-order valence-electron chi connectivity index (χ4n) is 2.84. The Balaban J connectivity index is 1.58. The fourth-order valence-corrected chi connectivity index (χ4v) is 3.89. The Labute approximate surface area is 135 Å². The summed E-state index contributed by atoms with van der Waals surface area (Å²) in [6.45, 7) is 3.64. The van der Waals surface area contributed by atoms with Crippen LogP contribution in [0.5, 0.6) is 0 Å². The molecule has 1 atom stereocenters. The Kier molecular flexibility index (Phi) is 4.74. The normalized spacial score (nSPS) is 19.3. The fraction of sp³-hybridized carbons (Fsp3) is 0.467. The highest BCUT2D eigenvalue weighted by atomic mass is 32.2. The van der Waals surface area contributed by atoms with Gasteiger partial charge in [-0.25, -0.2) is 13.1 Å². The molecule has 0 aliphatic carbocycles. The smallest absolute Gasteiger partial charge is 0.240 e. The summed E-state index contributed by atoms with van der Waals surface area (Å²) in [6, 6.07) is 8.49. The van der Waals surface area contributed by atoms with Gasteiger partial charge in [0.1, 0.15) is 0 Å². The van der Waals surface area contributed by atoms with Crippen LogP contribution in [0.3, 0.4) is 0 Å². The van der Waals surface area contributed by atoms with E-state index in [1.165, 1.54) is 0 Å². The van der Waals surface area contributed by atoms with E-state index in [-0.39, 0.29) is 10.9 Å². The Morgan fingerprint density at radius 1 is 1.35 bits per heavy atom. The molecule has 2 aromatic rings. The van der Waals surface area contributed by atoms with Gasteiger partial charge >= 0.3 is 0 Å². The van der Waals surface area contributed by atoms with Crippen LogP contribution in [-0.2, 0) is 10.0 Å². The second kappa shape index (κ2) is 6.77. The molecule has 124 valence electrons. The molecule has 1 aliphatic heterocycles. The average molecular weight is 336 g/mol. The molecule has 7 nitrogen and oxygen atoms in total. The highest BCUT2D eigenvalue weighted by molar-refractivity contribution is 7.89. The van der Waals surface area contributed by atoms with E-state index in [2.05, 4.69) is 19.8 Å². The van der Waals surface area contributed by atoms with E-state index in [0.29, 0.717) is 24.8 Å². The van der Waals surface area contributed by atoms with Crippen molar-refractivity contribution in [1.82, 2.24) is 19.8 Å². The summed E-state index contributed by atoms with van der Waals surface area (Å²) in [4.78, 5) is 6.77. The maximum atomic E-state index is 12.2. The minimum atomic E-state index is -3.46. The predicted octanol–water partition coefficient (Wildman–Crippen LogP) is 1.49. The number of nitrogens with zero attached hydrogens (tertiary/aromatic N) is 3. The third-order valence-corrected chi connectivity index (χ3v) is 5.43. The second-order valence-electron chi connectivity index (χ2n) is 5.58. The van der Waals surface area contributed by atoms with Crippen molar-refractivity contribution in [2.45, 2.75) is 30.7 Å². The first-order valence-corrected chi connectivity index (χ1v) is 9.13. The standard InChI is InChI=1S/C15H20N4O3S/c1-12-17-15(18-22-12)14-8-5-10-19(14)11-9-16-23(20,21)13-6-3-2-4-7-13/h2-4,6-7,14,16H,5,8-11H2,1H3. The number of hydrogen-bond acceptors (Lipinski definition) is 6. The molecule has 1 fully saturated rings. The molecule has 23 heavy (non-hydrogen) atoms. The van der Waals surface area contributed by atoms with Crippen LogP contribution in [-0.4, -0.2) is 43.1 Å². The van der Waals surface area contributed by atoms with Gasteiger partial charge < -0.3 is 4.52 Å². The van der Waals surface area contributed by atoms with Crippen molar-refractivity contribution in [3.8, 4) is 0 Å². The number of aromatic nitrogens is 2. The van der Waals surface area contributed by atoms with E-state index in [9.17, 15) is 8.42 Å². The minimum Gasteiger partial charge on any atom is -0.340 e.